The zero-order valence-corrected chi connectivity index (χ0v) is 12.1. The maximum atomic E-state index is 2.34. The first-order chi connectivity index (χ1) is 9.01. The van der Waals surface area contributed by atoms with Gasteiger partial charge >= 0.3 is 0 Å². The van der Waals surface area contributed by atoms with Gasteiger partial charge in [0.05, 0.1) is 5.41 Å². The number of hydrogen-bond donors (Lipinski definition) is 0. The van der Waals surface area contributed by atoms with Crippen molar-refractivity contribution in [2.24, 2.45) is 0 Å². The van der Waals surface area contributed by atoms with E-state index in [-0.39, 0.29) is 5.41 Å². The summed E-state index contributed by atoms with van der Waals surface area (Å²) in [7, 11) is 2.16. The minimum atomic E-state index is 0.120. The van der Waals surface area contributed by atoms with Crippen LogP contribution in [0.5, 0.6) is 0 Å². The van der Waals surface area contributed by atoms with E-state index in [4.69, 9.17) is 0 Å². The lowest BCUT2D eigenvalue weighted by atomic mass is 9.81. The van der Waals surface area contributed by atoms with Gasteiger partial charge in [-0.3, -0.25) is 0 Å². The first kappa shape index (κ1) is 12.2. The highest BCUT2D eigenvalue weighted by molar-refractivity contribution is 5.93. The standard InChI is InChI=1S/C18H20N/c1-13-18(2,3)16-12-15(10-11-17(16)19(13)4)14-8-6-5-7-9-14/h5-12H,1-4H3/q+1. The van der Waals surface area contributed by atoms with Gasteiger partial charge < -0.3 is 0 Å². The first-order valence-electron chi connectivity index (χ1n) is 6.79. The monoisotopic (exact) mass is 250 g/mol. The molecule has 2 aromatic rings. The summed E-state index contributed by atoms with van der Waals surface area (Å²) in [6.07, 6.45) is 0. The Morgan fingerprint density at radius 2 is 1.58 bits per heavy atom. The smallest absolute Gasteiger partial charge is 0.202 e. The van der Waals surface area contributed by atoms with E-state index in [1.165, 1.54) is 28.1 Å². The van der Waals surface area contributed by atoms with Gasteiger partial charge in [-0.1, -0.05) is 30.3 Å². The van der Waals surface area contributed by atoms with Gasteiger partial charge in [0.25, 0.3) is 0 Å². The summed E-state index contributed by atoms with van der Waals surface area (Å²) in [5.74, 6) is 0. The first-order valence-corrected chi connectivity index (χ1v) is 6.79. The van der Waals surface area contributed by atoms with Crippen LogP contribution in [0.3, 0.4) is 0 Å². The minimum absolute atomic E-state index is 0.120. The van der Waals surface area contributed by atoms with Crippen molar-refractivity contribution >= 4 is 11.4 Å². The highest BCUT2D eigenvalue weighted by atomic mass is 15.0. The lowest BCUT2D eigenvalue weighted by molar-refractivity contribution is -0.403. The van der Waals surface area contributed by atoms with Crippen LogP contribution >= 0.6 is 0 Å². The lowest BCUT2D eigenvalue weighted by Crippen LogP contribution is -2.25. The van der Waals surface area contributed by atoms with Crippen LogP contribution in [0.15, 0.2) is 48.5 Å². The van der Waals surface area contributed by atoms with Crippen molar-refractivity contribution in [1.29, 1.82) is 0 Å². The zero-order chi connectivity index (χ0) is 13.6. The van der Waals surface area contributed by atoms with Crippen LogP contribution in [0, 0.1) is 0 Å². The molecular formula is C18H20N+. The Hall–Kier alpha value is -1.89. The molecular weight excluding hydrogens is 230 g/mol. The van der Waals surface area contributed by atoms with Crippen molar-refractivity contribution in [1.82, 2.24) is 0 Å². The normalized spacial score (nSPS) is 16.6. The quantitative estimate of drug-likeness (QED) is 0.661. The molecule has 0 unspecified atom stereocenters. The van der Waals surface area contributed by atoms with Crippen molar-refractivity contribution in [3.8, 4) is 11.1 Å². The summed E-state index contributed by atoms with van der Waals surface area (Å²) in [5, 5.41) is 0. The Kier molecular flexibility index (Phi) is 2.60. The van der Waals surface area contributed by atoms with Gasteiger partial charge in [0, 0.05) is 18.6 Å². The fraction of sp³-hybridized carbons (Fsp3) is 0.278. The third-order valence-electron chi connectivity index (χ3n) is 4.55. The number of hydrogen-bond acceptors (Lipinski definition) is 0. The Morgan fingerprint density at radius 3 is 2.26 bits per heavy atom. The summed E-state index contributed by atoms with van der Waals surface area (Å²) in [6, 6.07) is 17.4. The number of benzene rings is 2. The second-order valence-corrected chi connectivity index (χ2v) is 5.87. The largest absolute Gasteiger partial charge is 0.209 e. The average molecular weight is 250 g/mol. The predicted octanol–water partition coefficient (Wildman–Crippen LogP) is 4.38. The molecule has 0 fully saturated rings. The summed E-state index contributed by atoms with van der Waals surface area (Å²) in [5.41, 5.74) is 6.88. The molecule has 2 aromatic carbocycles. The molecule has 0 radical (unpaired) electrons. The van der Waals surface area contributed by atoms with Crippen LogP contribution in [0.25, 0.3) is 11.1 Å². The third-order valence-corrected chi connectivity index (χ3v) is 4.55. The molecule has 0 aliphatic carbocycles. The molecule has 0 spiro atoms. The van der Waals surface area contributed by atoms with Crippen LogP contribution < -0.4 is 0 Å². The van der Waals surface area contributed by atoms with Crippen LogP contribution in [-0.4, -0.2) is 17.3 Å². The van der Waals surface area contributed by atoms with E-state index < -0.39 is 0 Å². The van der Waals surface area contributed by atoms with E-state index in [1.807, 2.05) is 0 Å². The SMILES string of the molecule is CC1=[N+](C)c2ccc(-c3ccccc3)cc2C1(C)C. The zero-order valence-electron chi connectivity index (χ0n) is 12.1. The molecule has 1 aliphatic rings. The second-order valence-electron chi connectivity index (χ2n) is 5.87. The Balaban J connectivity index is 2.17. The Bertz CT molecular complexity index is 663. The molecule has 1 heteroatoms. The molecule has 96 valence electrons. The summed E-state index contributed by atoms with van der Waals surface area (Å²) in [4.78, 5) is 0. The van der Waals surface area contributed by atoms with E-state index in [0.29, 0.717) is 0 Å². The van der Waals surface area contributed by atoms with Crippen LogP contribution in [0.2, 0.25) is 0 Å². The molecule has 3 rings (SSSR count). The predicted molar refractivity (Wildman–Crippen MR) is 81.4 cm³/mol. The van der Waals surface area contributed by atoms with Crippen LogP contribution in [0.4, 0.5) is 5.69 Å². The van der Waals surface area contributed by atoms with Crippen molar-refractivity contribution < 1.29 is 4.58 Å². The fourth-order valence-electron chi connectivity index (χ4n) is 2.93. The molecule has 1 nitrogen and oxygen atoms in total. The number of rotatable bonds is 1. The van der Waals surface area contributed by atoms with E-state index in [9.17, 15) is 0 Å². The van der Waals surface area contributed by atoms with Crippen molar-refractivity contribution in [3.05, 3.63) is 54.1 Å². The van der Waals surface area contributed by atoms with Gasteiger partial charge in [-0.15, -0.1) is 0 Å². The van der Waals surface area contributed by atoms with E-state index in [2.05, 4.69) is 80.9 Å². The van der Waals surface area contributed by atoms with E-state index in [1.54, 1.807) is 0 Å². The van der Waals surface area contributed by atoms with Gasteiger partial charge in [0.15, 0.2) is 5.71 Å². The topological polar surface area (TPSA) is 3.01 Å². The third kappa shape index (κ3) is 1.73. The maximum absolute atomic E-state index is 2.34. The average Bonchev–Trinajstić information content (AvgIpc) is 2.61. The molecule has 0 atom stereocenters. The molecule has 0 saturated carbocycles. The van der Waals surface area contributed by atoms with E-state index >= 15 is 0 Å². The number of nitrogens with zero attached hydrogens (tertiary/aromatic N) is 1. The van der Waals surface area contributed by atoms with Gasteiger partial charge in [-0.2, -0.15) is 0 Å². The number of fused-ring (bicyclic) bond motifs is 1. The van der Waals surface area contributed by atoms with Crippen molar-refractivity contribution in [2.45, 2.75) is 26.2 Å². The van der Waals surface area contributed by atoms with Crippen LogP contribution in [-0.2, 0) is 5.41 Å². The highest BCUT2D eigenvalue weighted by Gasteiger charge is 2.41. The fourth-order valence-corrected chi connectivity index (χ4v) is 2.93. The highest BCUT2D eigenvalue weighted by Crippen LogP contribution is 2.40. The van der Waals surface area contributed by atoms with Gasteiger partial charge in [-0.25, -0.2) is 4.58 Å². The van der Waals surface area contributed by atoms with Gasteiger partial charge in [-0.05, 0) is 37.1 Å². The molecule has 0 bridgehead atoms. The molecule has 0 aromatic heterocycles. The molecule has 19 heavy (non-hydrogen) atoms. The lowest BCUT2D eigenvalue weighted by Gasteiger charge is -2.15. The molecule has 1 aliphatic heterocycles. The molecule has 0 N–H and O–H groups in total. The summed E-state index contributed by atoms with van der Waals surface area (Å²) in [6.45, 7) is 6.83. The maximum Gasteiger partial charge on any atom is 0.209 e. The van der Waals surface area contributed by atoms with Gasteiger partial charge in [0.1, 0.15) is 7.05 Å². The second kappa shape index (κ2) is 4.06. The minimum Gasteiger partial charge on any atom is -0.202 e. The van der Waals surface area contributed by atoms with Crippen molar-refractivity contribution in [3.63, 3.8) is 0 Å². The summed E-state index contributed by atoms with van der Waals surface area (Å²) >= 11 is 0. The Morgan fingerprint density at radius 1 is 0.895 bits per heavy atom. The van der Waals surface area contributed by atoms with Crippen LogP contribution in [0.1, 0.15) is 26.3 Å². The Labute approximate surface area is 115 Å². The van der Waals surface area contributed by atoms with Gasteiger partial charge in [0.2, 0.25) is 5.69 Å². The van der Waals surface area contributed by atoms with Crippen molar-refractivity contribution in [2.75, 3.05) is 7.05 Å². The van der Waals surface area contributed by atoms with E-state index in [0.717, 1.165) is 0 Å². The summed E-state index contributed by atoms with van der Waals surface area (Å²) < 4.78 is 2.31. The molecule has 1 heterocycles. The molecule has 0 amide bonds. The molecule has 0 saturated heterocycles.